The normalized spacial score (nSPS) is 11.5. The molecule has 0 bridgehead atoms. The third-order valence-corrected chi connectivity index (χ3v) is 2.78. The molecule has 0 aliphatic rings. The minimum Gasteiger partial charge on any atom is -0.481 e. The third-order valence-electron chi connectivity index (χ3n) is 2.78. The van der Waals surface area contributed by atoms with E-state index in [9.17, 15) is 14.4 Å². The topological polar surface area (TPSA) is 95.5 Å². The van der Waals surface area contributed by atoms with Gasteiger partial charge in [0.15, 0.2) is 5.78 Å². The van der Waals surface area contributed by atoms with E-state index in [1.807, 2.05) is 0 Å². The predicted molar refractivity (Wildman–Crippen MR) is 74.9 cm³/mol. The van der Waals surface area contributed by atoms with Crippen molar-refractivity contribution in [3.05, 3.63) is 29.8 Å². The number of hydrogen-bond donors (Lipinski definition) is 3. The van der Waals surface area contributed by atoms with Gasteiger partial charge in [-0.15, -0.1) is 0 Å². The summed E-state index contributed by atoms with van der Waals surface area (Å²) in [5.74, 6) is -1.05. The molecule has 1 aromatic rings. The Bertz CT molecular complexity index is 514. The van der Waals surface area contributed by atoms with Crippen molar-refractivity contribution in [1.29, 1.82) is 0 Å². The number of carboxylic acids is 1. The van der Waals surface area contributed by atoms with E-state index < -0.39 is 18.0 Å². The molecular weight excluding hydrogens is 260 g/mol. The molecule has 3 N–H and O–H groups in total. The highest BCUT2D eigenvalue weighted by molar-refractivity contribution is 5.96. The van der Waals surface area contributed by atoms with Crippen molar-refractivity contribution < 1.29 is 19.5 Å². The number of ketones is 1. The number of urea groups is 1. The van der Waals surface area contributed by atoms with Crippen molar-refractivity contribution in [3.63, 3.8) is 0 Å². The van der Waals surface area contributed by atoms with Crippen LogP contribution in [-0.2, 0) is 4.79 Å². The summed E-state index contributed by atoms with van der Waals surface area (Å²) in [5.41, 5.74) is 0.987. The van der Waals surface area contributed by atoms with Gasteiger partial charge in [-0.2, -0.15) is 0 Å². The summed E-state index contributed by atoms with van der Waals surface area (Å²) in [5, 5.41) is 13.9. The van der Waals surface area contributed by atoms with E-state index in [2.05, 4.69) is 10.6 Å². The maximum absolute atomic E-state index is 11.7. The number of hydrogen-bond acceptors (Lipinski definition) is 3. The SMILES string of the molecule is CCC(CC(=O)O)NC(=O)Nc1cccc(C(C)=O)c1. The molecule has 0 aliphatic heterocycles. The molecule has 6 heteroatoms. The number of Topliss-reactive ketones (excluding diaryl/α,β-unsaturated/α-hetero) is 1. The third kappa shape index (κ3) is 5.09. The summed E-state index contributed by atoms with van der Waals surface area (Å²) < 4.78 is 0. The first-order valence-electron chi connectivity index (χ1n) is 6.32. The van der Waals surface area contributed by atoms with E-state index in [1.54, 1.807) is 31.2 Å². The van der Waals surface area contributed by atoms with Crippen LogP contribution in [0.5, 0.6) is 0 Å². The molecule has 6 nitrogen and oxygen atoms in total. The zero-order valence-corrected chi connectivity index (χ0v) is 11.5. The number of carboxylic acid groups (broad SMARTS) is 1. The minimum atomic E-state index is -0.962. The number of benzene rings is 1. The lowest BCUT2D eigenvalue weighted by Gasteiger charge is -2.15. The van der Waals surface area contributed by atoms with E-state index in [0.29, 0.717) is 17.7 Å². The fourth-order valence-electron chi connectivity index (χ4n) is 1.68. The molecule has 0 radical (unpaired) electrons. The first kappa shape index (κ1) is 15.7. The van der Waals surface area contributed by atoms with Crippen LogP contribution in [0.1, 0.15) is 37.0 Å². The second-order valence-electron chi connectivity index (χ2n) is 4.44. The minimum absolute atomic E-state index is 0.0913. The van der Waals surface area contributed by atoms with Crippen molar-refractivity contribution in [2.24, 2.45) is 0 Å². The maximum atomic E-state index is 11.7. The zero-order valence-electron chi connectivity index (χ0n) is 11.5. The van der Waals surface area contributed by atoms with E-state index in [4.69, 9.17) is 5.11 Å². The zero-order chi connectivity index (χ0) is 15.1. The molecule has 0 saturated heterocycles. The Hall–Kier alpha value is -2.37. The van der Waals surface area contributed by atoms with Gasteiger partial charge in [-0.3, -0.25) is 9.59 Å². The Morgan fingerprint density at radius 3 is 2.55 bits per heavy atom. The van der Waals surface area contributed by atoms with Gasteiger partial charge in [0.2, 0.25) is 0 Å². The van der Waals surface area contributed by atoms with Gasteiger partial charge in [0, 0.05) is 17.3 Å². The molecule has 2 amide bonds. The van der Waals surface area contributed by atoms with Crippen LogP contribution in [0.25, 0.3) is 0 Å². The van der Waals surface area contributed by atoms with E-state index in [-0.39, 0.29) is 12.2 Å². The van der Waals surface area contributed by atoms with Crippen LogP contribution in [0.15, 0.2) is 24.3 Å². The van der Waals surface area contributed by atoms with Crippen LogP contribution < -0.4 is 10.6 Å². The first-order valence-corrected chi connectivity index (χ1v) is 6.32. The Labute approximate surface area is 117 Å². The summed E-state index contributed by atoms with van der Waals surface area (Å²) in [6.45, 7) is 3.24. The van der Waals surface area contributed by atoms with Crippen LogP contribution in [0.3, 0.4) is 0 Å². The Kier molecular flexibility index (Phi) is 5.71. The van der Waals surface area contributed by atoms with Gasteiger partial charge in [0.05, 0.1) is 6.42 Å². The monoisotopic (exact) mass is 278 g/mol. The van der Waals surface area contributed by atoms with E-state index in [1.165, 1.54) is 6.92 Å². The number of amides is 2. The second kappa shape index (κ2) is 7.28. The number of carbonyl (C=O) groups is 3. The van der Waals surface area contributed by atoms with Crippen LogP contribution >= 0.6 is 0 Å². The molecule has 0 saturated carbocycles. The van der Waals surface area contributed by atoms with Crippen molar-refractivity contribution in [3.8, 4) is 0 Å². The first-order chi connectivity index (χ1) is 9.42. The molecular formula is C14H18N2O4. The predicted octanol–water partition coefficient (Wildman–Crippen LogP) is 2.26. The van der Waals surface area contributed by atoms with Gasteiger partial charge in [0.1, 0.15) is 0 Å². The average Bonchev–Trinajstić information content (AvgIpc) is 2.37. The molecule has 0 spiro atoms. The average molecular weight is 278 g/mol. The molecule has 0 fully saturated rings. The molecule has 108 valence electrons. The van der Waals surface area contributed by atoms with Gasteiger partial charge >= 0.3 is 12.0 Å². The molecule has 1 aromatic carbocycles. The van der Waals surface area contributed by atoms with Gasteiger partial charge in [0.25, 0.3) is 0 Å². The van der Waals surface area contributed by atoms with Gasteiger partial charge < -0.3 is 15.7 Å². The molecule has 1 atom stereocenters. The van der Waals surface area contributed by atoms with Crippen LogP contribution in [0.2, 0.25) is 0 Å². The van der Waals surface area contributed by atoms with Crippen LogP contribution in [0.4, 0.5) is 10.5 Å². The number of nitrogens with one attached hydrogen (secondary N) is 2. The van der Waals surface area contributed by atoms with Crippen molar-refractivity contribution >= 4 is 23.5 Å². The summed E-state index contributed by atoms with van der Waals surface area (Å²) in [4.78, 5) is 33.6. The number of anilines is 1. The maximum Gasteiger partial charge on any atom is 0.319 e. The lowest BCUT2D eigenvalue weighted by atomic mass is 10.1. The lowest BCUT2D eigenvalue weighted by Crippen LogP contribution is -2.38. The highest BCUT2D eigenvalue weighted by Crippen LogP contribution is 2.11. The number of rotatable bonds is 6. The molecule has 0 aromatic heterocycles. The van der Waals surface area contributed by atoms with Gasteiger partial charge in [-0.05, 0) is 25.5 Å². The van der Waals surface area contributed by atoms with Crippen molar-refractivity contribution in [1.82, 2.24) is 5.32 Å². The quantitative estimate of drug-likeness (QED) is 0.695. The highest BCUT2D eigenvalue weighted by atomic mass is 16.4. The molecule has 1 unspecified atom stereocenters. The Morgan fingerprint density at radius 2 is 2.00 bits per heavy atom. The molecule has 0 heterocycles. The smallest absolute Gasteiger partial charge is 0.319 e. The number of carbonyl (C=O) groups excluding carboxylic acids is 2. The Morgan fingerprint density at radius 1 is 1.30 bits per heavy atom. The summed E-state index contributed by atoms with van der Waals surface area (Å²) in [6.07, 6.45) is 0.393. The highest BCUT2D eigenvalue weighted by Gasteiger charge is 2.14. The van der Waals surface area contributed by atoms with Gasteiger partial charge in [-0.1, -0.05) is 19.1 Å². The lowest BCUT2D eigenvalue weighted by molar-refractivity contribution is -0.137. The Balaban J connectivity index is 2.63. The van der Waals surface area contributed by atoms with Crippen molar-refractivity contribution in [2.45, 2.75) is 32.7 Å². The largest absolute Gasteiger partial charge is 0.481 e. The fourth-order valence-corrected chi connectivity index (χ4v) is 1.68. The second-order valence-corrected chi connectivity index (χ2v) is 4.44. The summed E-state index contributed by atoms with van der Waals surface area (Å²) >= 11 is 0. The fraction of sp³-hybridized carbons (Fsp3) is 0.357. The molecule has 0 aliphatic carbocycles. The summed E-state index contributed by atoms with van der Waals surface area (Å²) in [6, 6.07) is 5.64. The van der Waals surface area contributed by atoms with E-state index >= 15 is 0 Å². The molecule has 1 rings (SSSR count). The van der Waals surface area contributed by atoms with E-state index in [0.717, 1.165) is 0 Å². The summed E-state index contributed by atoms with van der Waals surface area (Å²) in [7, 11) is 0. The van der Waals surface area contributed by atoms with Gasteiger partial charge in [-0.25, -0.2) is 4.79 Å². The standard InChI is InChI=1S/C14H18N2O4/c1-3-11(8-13(18)19)15-14(20)16-12-6-4-5-10(7-12)9(2)17/h4-7,11H,3,8H2,1-2H3,(H,18,19)(H2,15,16,20). The number of aliphatic carboxylic acids is 1. The van der Waals surface area contributed by atoms with Crippen molar-refractivity contribution in [2.75, 3.05) is 5.32 Å². The molecule has 20 heavy (non-hydrogen) atoms. The van der Waals surface area contributed by atoms with Crippen LogP contribution in [-0.4, -0.2) is 28.9 Å². The van der Waals surface area contributed by atoms with Crippen LogP contribution in [0, 0.1) is 0 Å².